The van der Waals surface area contributed by atoms with Crippen LogP contribution in [-0.2, 0) is 0 Å². The molecule has 0 saturated heterocycles. The maximum absolute atomic E-state index is 10.1. The van der Waals surface area contributed by atoms with E-state index in [2.05, 4.69) is 4.79 Å². The normalized spacial score (nSPS) is 15.0. The van der Waals surface area contributed by atoms with Gasteiger partial charge in [-0.05, 0) is 26.0 Å². The van der Waals surface area contributed by atoms with E-state index < -0.39 is 13.6 Å². The monoisotopic (exact) mass is 257 g/mol. The Morgan fingerprint density at radius 1 is 1.56 bits per heavy atom. The highest BCUT2D eigenvalue weighted by molar-refractivity contribution is 6.31. The van der Waals surface area contributed by atoms with Gasteiger partial charge in [0.15, 0.2) is 0 Å². The van der Waals surface area contributed by atoms with E-state index in [1.807, 2.05) is 24.0 Å². The zero-order chi connectivity index (χ0) is 14.1. The lowest BCUT2D eigenvalue weighted by Crippen LogP contribution is -2.32. The number of allylic oxidation sites excluding steroid dienone is 3. The number of aliphatic hydroxyl groups excluding tert-OH is 1. The Morgan fingerprint density at radius 3 is 2.39 bits per heavy atom. The van der Waals surface area contributed by atoms with E-state index in [1.54, 1.807) is 13.0 Å². The maximum atomic E-state index is 10.1. The molecule has 0 aliphatic heterocycles. The van der Waals surface area contributed by atoms with Crippen molar-refractivity contribution in [2.24, 2.45) is 0 Å². The summed E-state index contributed by atoms with van der Waals surface area (Å²) in [4.78, 5) is 4.98. The maximum Gasteiger partial charge on any atom is 0.674 e. The number of hydrogen-bond donors (Lipinski definition) is 3. The minimum Gasteiger partial charge on any atom is -0.398 e. The molecule has 100 valence electrons. The zero-order valence-corrected chi connectivity index (χ0v) is 10.4. The summed E-state index contributed by atoms with van der Waals surface area (Å²) in [6.07, 6.45) is 5.63. The number of likely N-dealkylation sites (N-methyl/N-ethyl adjacent to an activating group) is 1. The topological polar surface area (TPSA) is 100 Å². The second-order valence-electron chi connectivity index (χ2n) is 3.49. The first-order valence-corrected chi connectivity index (χ1v) is 5.46. The summed E-state index contributed by atoms with van der Waals surface area (Å²) in [7, 11) is -2.67. The highest BCUT2D eigenvalue weighted by Crippen LogP contribution is 2.14. The minimum atomic E-state index is -2.67. The third kappa shape index (κ3) is 6.31. The number of hydrogen-bond acceptors (Lipinski definition) is 4. The van der Waals surface area contributed by atoms with Crippen molar-refractivity contribution in [3.05, 3.63) is 29.5 Å². The van der Waals surface area contributed by atoms with Crippen LogP contribution in [0.15, 0.2) is 23.9 Å². The van der Waals surface area contributed by atoms with Crippen LogP contribution >= 0.6 is 0 Å². The first-order chi connectivity index (χ1) is 8.42. The quantitative estimate of drug-likeness (QED) is 0.288. The van der Waals surface area contributed by atoms with E-state index in [0.717, 1.165) is 12.2 Å². The van der Waals surface area contributed by atoms with Crippen LogP contribution in [0.1, 0.15) is 20.3 Å². The molecule has 0 aromatic heterocycles. The van der Waals surface area contributed by atoms with Crippen LogP contribution in [0.4, 0.5) is 4.32 Å². The van der Waals surface area contributed by atoms with Gasteiger partial charge in [-0.15, -0.1) is 0 Å². The number of nitrogens with zero attached hydrogens (tertiary/aromatic N) is 3. The third-order valence-electron chi connectivity index (χ3n) is 2.22. The van der Waals surface area contributed by atoms with Gasteiger partial charge in [-0.25, -0.2) is 0 Å². The molecule has 1 aliphatic rings. The van der Waals surface area contributed by atoms with Gasteiger partial charge < -0.3 is 25.6 Å². The molecule has 0 aromatic carbocycles. The van der Waals surface area contributed by atoms with Crippen LogP contribution in [-0.4, -0.2) is 50.7 Å². The third-order valence-corrected chi connectivity index (χ3v) is 2.22. The standard InChI is InChI=1S/C10H15N3O.BFH2O2/c1-3-13(8(2)14)10-6-4-9(12-11)5-7-10;2-1(3)4/h4,6-8,14H,3,5H2,1-2H3;3-4H. The summed E-state index contributed by atoms with van der Waals surface area (Å²) in [5.74, 6) is 0. The highest BCUT2D eigenvalue weighted by atomic mass is 19.1. The predicted octanol–water partition coefficient (Wildman–Crippen LogP) is 0.0866. The molecule has 0 spiro atoms. The van der Waals surface area contributed by atoms with Gasteiger partial charge in [0.25, 0.3) is 5.71 Å². The number of rotatable bonds is 3. The van der Waals surface area contributed by atoms with Crippen molar-refractivity contribution in [2.45, 2.75) is 26.5 Å². The first-order valence-electron chi connectivity index (χ1n) is 5.46. The SMILES string of the molecule is CCN(C1=CCC(=[N+]=[N-])C=C1)C(C)O.OB(O)F. The van der Waals surface area contributed by atoms with Crippen molar-refractivity contribution in [1.29, 1.82) is 0 Å². The summed E-state index contributed by atoms with van der Waals surface area (Å²) in [5, 5.41) is 23.3. The molecule has 1 rings (SSSR count). The smallest absolute Gasteiger partial charge is 0.398 e. The molecule has 18 heavy (non-hydrogen) atoms. The molecule has 8 heteroatoms. The lowest BCUT2D eigenvalue weighted by atomic mass is 10.1. The zero-order valence-electron chi connectivity index (χ0n) is 10.4. The van der Waals surface area contributed by atoms with E-state index in [1.165, 1.54) is 0 Å². The van der Waals surface area contributed by atoms with Gasteiger partial charge >= 0.3 is 7.40 Å². The van der Waals surface area contributed by atoms with Crippen LogP contribution in [0, 0.1) is 0 Å². The molecule has 1 aliphatic carbocycles. The van der Waals surface area contributed by atoms with E-state index in [9.17, 15) is 9.42 Å². The van der Waals surface area contributed by atoms with Gasteiger partial charge in [-0.2, -0.15) is 4.79 Å². The fourth-order valence-electron chi connectivity index (χ4n) is 1.48. The van der Waals surface area contributed by atoms with E-state index in [0.29, 0.717) is 12.1 Å². The minimum absolute atomic E-state index is 0.497. The molecule has 0 saturated carbocycles. The molecule has 1 atom stereocenters. The van der Waals surface area contributed by atoms with Crippen molar-refractivity contribution < 1.29 is 24.3 Å². The molecule has 0 fully saturated rings. The van der Waals surface area contributed by atoms with Gasteiger partial charge in [-0.3, -0.25) is 4.32 Å². The Balaban J connectivity index is 0.000000631. The van der Waals surface area contributed by atoms with Crippen molar-refractivity contribution in [1.82, 2.24) is 4.90 Å². The summed E-state index contributed by atoms with van der Waals surface area (Å²) in [6, 6.07) is 0. The van der Waals surface area contributed by atoms with E-state index in [-0.39, 0.29) is 0 Å². The fraction of sp³-hybridized carbons (Fsp3) is 0.500. The average Bonchev–Trinajstić information content (AvgIpc) is 2.29. The average molecular weight is 257 g/mol. The Bertz CT molecular complexity index is 363. The molecular formula is C10H17BFN3O3. The molecule has 0 heterocycles. The molecule has 0 radical (unpaired) electrons. The predicted molar refractivity (Wildman–Crippen MR) is 65.8 cm³/mol. The second-order valence-corrected chi connectivity index (χ2v) is 3.49. The van der Waals surface area contributed by atoms with Crippen LogP contribution in [0.5, 0.6) is 0 Å². The summed E-state index contributed by atoms with van der Waals surface area (Å²) in [6.45, 7) is 4.46. The number of aliphatic hydroxyl groups is 1. The first kappa shape index (κ1) is 16.5. The van der Waals surface area contributed by atoms with Gasteiger partial charge in [0.2, 0.25) is 0 Å². The van der Waals surface area contributed by atoms with E-state index in [4.69, 9.17) is 15.6 Å². The van der Waals surface area contributed by atoms with Crippen molar-refractivity contribution in [3.63, 3.8) is 0 Å². The van der Waals surface area contributed by atoms with Gasteiger partial charge in [0.05, 0.1) is 6.42 Å². The molecule has 0 bridgehead atoms. The fourth-order valence-corrected chi connectivity index (χ4v) is 1.48. The summed E-state index contributed by atoms with van der Waals surface area (Å²) in [5.41, 5.74) is 10.1. The Morgan fingerprint density at radius 2 is 2.11 bits per heavy atom. The highest BCUT2D eigenvalue weighted by Gasteiger charge is 2.15. The van der Waals surface area contributed by atoms with Crippen molar-refractivity contribution >= 4 is 13.1 Å². The Kier molecular flexibility index (Phi) is 7.90. The molecule has 0 aromatic rings. The lowest BCUT2D eigenvalue weighted by Gasteiger charge is -2.27. The molecular weight excluding hydrogens is 240 g/mol. The van der Waals surface area contributed by atoms with Crippen molar-refractivity contribution in [3.8, 4) is 0 Å². The lowest BCUT2D eigenvalue weighted by molar-refractivity contribution is -0.00571. The molecule has 3 N–H and O–H groups in total. The molecule has 1 unspecified atom stereocenters. The van der Waals surface area contributed by atoms with Crippen LogP contribution in [0.2, 0.25) is 0 Å². The van der Waals surface area contributed by atoms with Gasteiger partial charge in [0, 0.05) is 18.3 Å². The molecule has 0 amide bonds. The van der Waals surface area contributed by atoms with Crippen LogP contribution in [0.25, 0.3) is 5.53 Å². The van der Waals surface area contributed by atoms with E-state index >= 15 is 0 Å². The van der Waals surface area contributed by atoms with Gasteiger partial charge in [0.1, 0.15) is 6.23 Å². The Labute approximate surface area is 105 Å². The number of halogens is 1. The summed E-state index contributed by atoms with van der Waals surface area (Å²) >= 11 is 0. The van der Waals surface area contributed by atoms with Crippen LogP contribution in [0.3, 0.4) is 0 Å². The largest absolute Gasteiger partial charge is 0.674 e. The Hall–Kier alpha value is -1.47. The molecule has 6 nitrogen and oxygen atoms in total. The van der Waals surface area contributed by atoms with Gasteiger partial charge in [-0.1, -0.05) is 0 Å². The van der Waals surface area contributed by atoms with Crippen molar-refractivity contribution in [2.75, 3.05) is 6.54 Å². The summed E-state index contributed by atoms with van der Waals surface area (Å²) < 4.78 is 10.1. The second kappa shape index (κ2) is 8.60. The van der Waals surface area contributed by atoms with Crippen LogP contribution < -0.4 is 0 Å².